The van der Waals surface area contributed by atoms with E-state index in [-0.39, 0.29) is 24.7 Å². The largest absolute Gasteiger partial charge is 0.498 e. The van der Waals surface area contributed by atoms with Crippen LogP contribution in [-0.2, 0) is 11.3 Å². The molecule has 5 heteroatoms. The first-order valence-electron chi connectivity index (χ1n) is 9.79. The first kappa shape index (κ1) is 20.2. The lowest BCUT2D eigenvalue weighted by molar-refractivity contribution is 0.118. The molecule has 2 aromatic carbocycles. The van der Waals surface area contributed by atoms with Crippen LogP contribution in [0.4, 0.5) is 8.78 Å². The van der Waals surface area contributed by atoms with Crippen LogP contribution in [0.1, 0.15) is 50.7 Å². The molecule has 0 aromatic heterocycles. The van der Waals surface area contributed by atoms with Gasteiger partial charge in [-0.3, -0.25) is 0 Å². The molecule has 0 spiro atoms. The number of halogens is 2. The monoisotopic (exact) mass is 388 g/mol. The maximum atomic E-state index is 14.1. The predicted octanol–water partition coefficient (Wildman–Crippen LogP) is 6.26. The molecule has 0 amide bonds. The van der Waals surface area contributed by atoms with Crippen LogP contribution in [0.15, 0.2) is 42.7 Å². The molecule has 0 radical (unpaired) electrons. The minimum absolute atomic E-state index is 0.110. The summed E-state index contributed by atoms with van der Waals surface area (Å²) in [7, 11) is 0. The zero-order valence-electron chi connectivity index (χ0n) is 16.3. The predicted molar refractivity (Wildman–Crippen MR) is 105 cm³/mol. The summed E-state index contributed by atoms with van der Waals surface area (Å²) in [4.78, 5) is 0. The van der Waals surface area contributed by atoms with Gasteiger partial charge in [0.15, 0.2) is 11.5 Å². The Kier molecular flexibility index (Phi) is 6.90. The summed E-state index contributed by atoms with van der Waals surface area (Å²) in [6.07, 6.45) is 6.44. The molecule has 3 nitrogen and oxygen atoms in total. The van der Waals surface area contributed by atoms with E-state index in [0.717, 1.165) is 36.8 Å². The van der Waals surface area contributed by atoms with E-state index in [1.54, 1.807) is 6.92 Å². The standard InChI is InChI=1S/C23H26F2O3/c1-3-5-19-11-10-18(15-27-19)17-8-6-16(7-9-17)14-28-21-13-12-20(26-4-2)22(24)23(21)25/h6-9,12-13,15,19H,3-5,10-11,14H2,1-2H3. The Morgan fingerprint density at radius 3 is 2.21 bits per heavy atom. The van der Waals surface area contributed by atoms with Crippen LogP contribution in [0, 0.1) is 11.6 Å². The number of hydrogen-bond donors (Lipinski definition) is 0. The molecular formula is C23H26F2O3. The lowest BCUT2D eigenvalue weighted by atomic mass is 9.96. The third-order valence-electron chi connectivity index (χ3n) is 4.78. The van der Waals surface area contributed by atoms with Crippen molar-refractivity contribution in [3.05, 3.63) is 65.4 Å². The Morgan fingerprint density at radius 2 is 1.64 bits per heavy atom. The summed E-state index contributed by atoms with van der Waals surface area (Å²) in [5.74, 6) is -2.30. The van der Waals surface area contributed by atoms with Crippen LogP contribution in [0.5, 0.6) is 11.5 Å². The van der Waals surface area contributed by atoms with Crippen LogP contribution in [-0.4, -0.2) is 12.7 Å². The van der Waals surface area contributed by atoms with Gasteiger partial charge in [-0.05, 0) is 55.0 Å². The number of rotatable bonds is 8. The van der Waals surface area contributed by atoms with Crippen molar-refractivity contribution in [1.82, 2.24) is 0 Å². The van der Waals surface area contributed by atoms with Crippen LogP contribution in [0.25, 0.3) is 5.57 Å². The van der Waals surface area contributed by atoms with Crippen molar-refractivity contribution in [1.29, 1.82) is 0 Å². The summed E-state index contributed by atoms with van der Waals surface area (Å²) < 4.78 is 44.3. The molecule has 150 valence electrons. The number of ether oxygens (including phenoxy) is 3. The second-order valence-corrected chi connectivity index (χ2v) is 6.84. The molecule has 1 atom stereocenters. The molecule has 0 bridgehead atoms. The molecule has 0 aliphatic carbocycles. The van der Waals surface area contributed by atoms with E-state index in [2.05, 4.69) is 6.92 Å². The van der Waals surface area contributed by atoms with Gasteiger partial charge < -0.3 is 14.2 Å². The fourth-order valence-corrected chi connectivity index (χ4v) is 3.24. The van der Waals surface area contributed by atoms with E-state index in [1.165, 1.54) is 17.7 Å². The first-order valence-corrected chi connectivity index (χ1v) is 9.79. The van der Waals surface area contributed by atoms with Gasteiger partial charge in [0.05, 0.1) is 19.0 Å². The van der Waals surface area contributed by atoms with Crippen molar-refractivity contribution in [2.45, 2.75) is 52.2 Å². The highest BCUT2D eigenvalue weighted by atomic mass is 19.2. The average molecular weight is 388 g/mol. The molecule has 1 unspecified atom stereocenters. The van der Waals surface area contributed by atoms with Gasteiger partial charge in [0.1, 0.15) is 6.61 Å². The van der Waals surface area contributed by atoms with Crippen molar-refractivity contribution in [3.63, 3.8) is 0 Å². The SMILES string of the molecule is CCCC1CCC(c2ccc(COc3ccc(OCC)c(F)c3F)cc2)=CO1. The van der Waals surface area contributed by atoms with Crippen molar-refractivity contribution in [3.8, 4) is 11.5 Å². The first-order chi connectivity index (χ1) is 13.6. The van der Waals surface area contributed by atoms with Crippen LogP contribution in [0.3, 0.4) is 0 Å². The number of hydrogen-bond acceptors (Lipinski definition) is 3. The van der Waals surface area contributed by atoms with Crippen molar-refractivity contribution < 1.29 is 23.0 Å². The molecule has 0 saturated heterocycles. The van der Waals surface area contributed by atoms with E-state index < -0.39 is 11.6 Å². The summed E-state index contributed by atoms with van der Waals surface area (Å²) in [6.45, 7) is 4.30. The third kappa shape index (κ3) is 4.83. The maximum Gasteiger partial charge on any atom is 0.204 e. The van der Waals surface area contributed by atoms with Gasteiger partial charge in [-0.15, -0.1) is 0 Å². The van der Waals surface area contributed by atoms with Crippen LogP contribution in [0.2, 0.25) is 0 Å². The second-order valence-electron chi connectivity index (χ2n) is 6.84. The van der Waals surface area contributed by atoms with E-state index >= 15 is 0 Å². The van der Waals surface area contributed by atoms with Gasteiger partial charge in [-0.1, -0.05) is 37.6 Å². The van der Waals surface area contributed by atoms with E-state index in [9.17, 15) is 8.78 Å². The highest BCUT2D eigenvalue weighted by molar-refractivity contribution is 5.65. The summed E-state index contributed by atoms with van der Waals surface area (Å²) in [5.41, 5.74) is 3.16. The summed E-state index contributed by atoms with van der Waals surface area (Å²) in [6, 6.07) is 10.6. The summed E-state index contributed by atoms with van der Waals surface area (Å²) >= 11 is 0. The summed E-state index contributed by atoms with van der Waals surface area (Å²) in [5, 5.41) is 0. The second kappa shape index (κ2) is 9.58. The number of benzene rings is 2. The average Bonchev–Trinajstić information content (AvgIpc) is 2.72. The highest BCUT2D eigenvalue weighted by Gasteiger charge is 2.17. The van der Waals surface area contributed by atoms with Crippen molar-refractivity contribution in [2.75, 3.05) is 6.61 Å². The fourth-order valence-electron chi connectivity index (χ4n) is 3.24. The highest BCUT2D eigenvalue weighted by Crippen LogP contribution is 2.30. The number of allylic oxidation sites excluding steroid dienone is 1. The van der Waals surface area contributed by atoms with Crippen molar-refractivity contribution in [2.24, 2.45) is 0 Å². The Hall–Kier alpha value is -2.56. The normalized spacial score (nSPS) is 16.3. The molecule has 0 N–H and O–H groups in total. The lowest BCUT2D eigenvalue weighted by Crippen LogP contribution is -2.13. The van der Waals surface area contributed by atoms with Gasteiger partial charge in [-0.25, -0.2) is 0 Å². The van der Waals surface area contributed by atoms with Gasteiger partial charge in [0.25, 0.3) is 0 Å². The molecule has 0 fully saturated rings. The van der Waals surface area contributed by atoms with E-state index in [4.69, 9.17) is 14.2 Å². The Labute approximate surface area is 164 Å². The fraction of sp³-hybridized carbons (Fsp3) is 0.391. The Balaban J connectivity index is 1.60. The molecule has 1 aliphatic rings. The van der Waals surface area contributed by atoms with Crippen LogP contribution >= 0.6 is 0 Å². The molecule has 1 heterocycles. The third-order valence-corrected chi connectivity index (χ3v) is 4.78. The Morgan fingerprint density at radius 1 is 0.964 bits per heavy atom. The molecular weight excluding hydrogens is 362 g/mol. The molecule has 1 aliphatic heterocycles. The minimum Gasteiger partial charge on any atom is -0.498 e. The zero-order valence-corrected chi connectivity index (χ0v) is 16.3. The Bertz CT molecular complexity index is 815. The van der Waals surface area contributed by atoms with Gasteiger partial charge in [-0.2, -0.15) is 8.78 Å². The van der Waals surface area contributed by atoms with E-state index in [0.29, 0.717) is 6.10 Å². The smallest absolute Gasteiger partial charge is 0.204 e. The molecule has 3 rings (SSSR count). The quantitative estimate of drug-likeness (QED) is 0.534. The van der Waals surface area contributed by atoms with Crippen LogP contribution < -0.4 is 9.47 Å². The lowest BCUT2D eigenvalue weighted by Gasteiger charge is -2.23. The topological polar surface area (TPSA) is 27.7 Å². The van der Waals surface area contributed by atoms with Gasteiger partial charge in [0.2, 0.25) is 11.6 Å². The maximum absolute atomic E-state index is 14.1. The zero-order chi connectivity index (χ0) is 19.9. The van der Waals surface area contributed by atoms with Gasteiger partial charge in [0, 0.05) is 0 Å². The van der Waals surface area contributed by atoms with Gasteiger partial charge >= 0.3 is 0 Å². The molecule has 28 heavy (non-hydrogen) atoms. The van der Waals surface area contributed by atoms with Crippen molar-refractivity contribution >= 4 is 5.57 Å². The molecule has 0 saturated carbocycles. The minimum atomic E-state index is -1.03. The molecule has 2 aromatic rings. The van der Waals surface area contributed by atoms with E-state index in [1.807, 2.05) is 30.5 Å².